The quantitative estimate of drug-likeness (QED) is 0.406. The number of aliphatic hydroxyl groups excluding tert-OH is 2. The van der Waals surface area contributed by atoms with Crippen LogP contribution in [0.1, 0.15) is 79.1 Å². The van der Waals surface area contributed by atoms with Gasteiger partial charge in [-0.2, -0.15) is 0 Å². The minimum Gasteiger partial charge on any atom is -0.479 e. The van der Waals surface area contributed by atoms with Crippen molar-refractivity contribution in [2.45, 2.75) is 91.3 Å². The molecular formula is C27H42N2O6. The molecule has 35 heavy (non-hydrogen) atoms. The number of hydrogen-bond acceptors (Lipinski definition) is 6. The average Bonchev–Trinajstić information content (AvgIpc) is 3.11. The molecule has 8 heteroatoms. The number of carboxylic acids is 1. The molecule has 8 nitrogen and oxygen atoms in total. The molecule has 4 N–H and O–H groups in total. The number of nitrogens with zero attached hydrogens (tertiary/aromatic N) is 1. The van der Waals surface area contributed by atoms with Gasteiger partial charge in [0.05, 0.1) is 11.8 Å². The third kappa shape index (κ3) is 4.76. The summed E-state index contributed by atoms with van der Waals surface area (Å²) in [6.07, 6.45) is 8.93. The Labute approximate surface area is 208 Å². The number of amides is 1. The van der Waals surface area contributed by atoms with E-state index in [2.05, 4.69) is 30.4 Å². The number of nitrogens with one attached hydrogen (secondary N) is 1. The van der Waals surface area contributed by atoms with Gasteiger partial charge in [0.1, 0.15) is 0 Å². The summed E-state index contributed by atoms with van der Waals surface area (Å²) in [5.74, 6) is 0.256. The van der Waals surface area contributed by atoms with E-state index in [4.69, 9.17) is 9.94 Å². The molecule has 0 aliphatic heterocycles. The first-order valence-corrected chi connectivity index (χ1v) is 13.1. The highest BCUT2D eigenvalue weighted by Gasteiger charge is 2.58. The number of hydrogen-bond donors (Lipinski definition) is 4. The summed E-state index contributed by atoms with van der Waals surface area (Å²) in [5, 5.41) is 36.2. The van der Waals surface area contributed by atoms with E-state index < -0.39 is 23.4 Å². The monoisotopic (exact) mass is 490 g/mol. The number of carbonyl (C=O) groups is 2. The van der Waals surface area contributed by atoms with Crippen molar-refractivity contribution in [2.24, 2.45) is 39.2 Å². The number of fused-ring (bicyclic) bond motifs is 5. The smallest absolute Gasteiger partial charge is 0.333 e. The Bertz CT molecular complexity index is 913. The third-order valence-electron chi connectivity index (χ3n) is 10.0. The van der Waals surface area contributed by atoms with E-state index in [1.165, 1.54) is 18.4 Å². The lowest BCUT2D eigenvalue weighted by Gasteiger charge is -2.57. The van der Waals surface area contributed by atoms with Crippen LogP contribution in [-0.2, 0) is 14.4 Å². The van der Waals surface area contributed by atoms with Crippen LogP contribution in [-0.4, -0.2) is 58.3 Å². The van der Waals surface area contributed by atoms with Gasteiger partial charge < -0.3 is 25.5 Å². The zero-order chi connectivity index (χ0) is 25.6. The lowest BCUT2D eigenvalue weighted by Crippen LogP contribution is -2.51. The molecule has 0 aromatic carbocycles. The van der Waals surface area contributed by atoms with Crippen LogP contribution in [0.5, 0.6) is 0 Å². The maximum absolute atomic E-state index is 12.1. The van der Waals surface area contributed by atoms with Gasteiger partial charge in [0.15, 0.2) is 12.7 Å². The lowest BCUT2D eigenvalue weighted by atomic mass is 9.47. The highest BCUT2D eigenvalue weighted by atomic mass is 16.6. The minimum absolute atomic E-state index is 0.0151. The molecule has 7 atom stereocenters. The lowest BCUT2D eigenvalue weighted by molar-refractivity contribution is -0.153. The molecular weight excluding hydrogens is 448 g/mol. The van der Waals surface area contributed by atoms with Gasteiger partial charge in [-0.25, -0.2) is 4.79 Å². The van der Waals surface area contributed by atoms with Gasteiger partial charge in [0, 0.05) is 12.0 Å². The van der Waals surface area contributed by atoms with Gasteiger partial charge >= 0.3 is 5.97 Å². The van der Waals surface area contributed by atoms with Crippen molar-refractivity contribution in [3.05, 3.63) is 11.6 Å². The predicted molar refractivity (Wildman–Crippen MR) is 132 cm³/mol. The fourth-order valence-corrected chi connectivity index (χ4v) is 7.60. The number of carbonyl (C=O) groups excluding carboxylic acids is 1. The van der Waals surface area contributed by atoms with Gasteiger partial charge in [-0.3, -0.25) is 4.79 Å². The molecule has 0 radical (unpaired) electrons. The summed E-state index contributed by atoms with van der Waals surface area (Å²) in [6, 6.07) is 0. The van der Waals surface area contributed by atoms with Crippen molar-refractivity contribution in [3.8, 4) is 0 Å². The molecule has 4 aliphatic carbocycles. The van der Waals surface area contributed by atoms with E-state index in [9.17, 15) is 19.8 Å². The predicted octanol–water partition coefficient (Wildman–Crippen LogP) is 3.27. The Hall–Kier alpha value is -1.93. The fraction of sp³-hybridized carbons (Fsp3) is 0.815. The molecule has 0 heterocycles. The summed E-state index contributed by atoms with van der Waals surface area (Å²) in [6.45, 7) is 7.65. The molecule has 0 bridgehead atoms. The molecule has 1 amide bonds. The zero-order valence-electron chi connectivity index (χ0n) is 21.5. The second-order valence-corrected chi connectivity index (χ2v) is 12.5. The van der Waals surface area contributed by atoms with E-state index in [0.717, 1.165) is 44.2 Å². The van der Waals surface area contributed by atoms with E-state index in [1.807, 2.05) is 0 Å². The molecule has 196 valence electrons. The summed E-state index contributed by atoms with van der Waals surface area (Å²) >= 11 is 0. The summed E-state index contributed by atoms with van der Waals surface area (Å²) in [5.41, 5.74) is 1.57. The van der Waals surface area contributed by atoms with Gasteiger partial charge in [-0.1, -0.05) is 38.4 Å². The number of oxime groups is 1. The standard InChI is InChI=1S/C27H42N2O6/c1-25(2,23(32)24(33)34)15-28-22(31)14-35-29-17-9-11-26(3)16(13-17)5-6-18-19-7-8-21(30)27(19,4)12-10-20(18)26/h13,18-21,23,30,32H,5-12,14-15H2,1-4H3,(H,28,31)(H,33,34)/b29-17-/t18?,19?,20?,21?,23?,26-,27-/m0/s1. The highest BCUT2D eigenvalue weighted by Crippen LogP contribution is 2.65. The van der Waals surface area contributed by atoms with Crippen LogP contribution < -0.4 is 5.32 Å². The van der Waals surface area contributed by atoms with Crippen molar-refractivity contribution < 1.29 is 29.7 Å². The second kappa shape index (κ2) is 9.51. The van der Waals surface area contributed by atoms with Gasteiger partial charge in [0.25, 0.3) is 5.91 Å². The number of aliphatic carboxylic acids is 1. The van der Waals surface area contributed by atoms with Crippen molar-refractivity contribution in [1.82, 2.24) is 5.32 Å². The molecule has 4 rings (SSSR count). The van der Waals surface area contributed by atoms with Crippen LogP contribution in [0, 0.1) is 34.0 Å². The van der Waals surface area contributed by atoms with Crippen LogP contribution in [0.3, 0.4) is 0 Å². The average molecular weight is 491 g/mol. The van der Waals surface area contributed by atoms with Crippen molar-refractivity contribution >= 4 is 17.6 Å². The second-order valence-electron chi connectivity index (χ2n) is 12.5. The molecule has 0 aromatic rings. The van der Waals surface area contributed by atoms with Gasteiger partial charge in [0.2, 0.25) is 0 Å². The minimum atomic E-state index is -1.57. The fourth-order valence-electron chi connectivity index (χ4n) is 7.60. The van der Waals surface area contributed by atoms with Crippen molar-refractivity contribution in [1.29, 1.82) is 0 Å². The molecule has 0 saturated heterocycles. The van der Waals surface area contributed by atoms with Crippen LogP contribution in [0.4, 0.5) is 0 Å². The van der Waals surface area contributed by atoms with E-state index in [-0.39, 0.29) is 30.1 Å². The third-order valence-corrected chi connectivity index (χ3v) is 10.0. The van der Waals surface area contributed by atoms with Crippen molar-refractivity contribution in [2.75, 3.05) is 13.2 Å². The Morgan fingerprint density at radius 2 is 1.91 bits per heavy atom. The van der Waals surface area contributed by atoms with E-state index in [1.54, 1.807) is 13.8 Å². The Morgan fingerprint density at radius 1 is 1.17 bits per heavy atom. The Kier molecular flexibility index (Phi) is 7.10. The number of aliphatic hydroxyl groups is 2. The van der Waals surface area contributed by atoms with E-state index in [0.29, 0.717) is 17.8 Å². The molecule has 4 aliphatic rings. The van der Waals surface area contributed by atoms with Crippen LogP contribution in [0.15, 0.2) is 16.8 Å². The topological polar surface area (TPSA) is 128 Å². The number of carboxylic acid groups (broad SMARTS) is 1. The highest BCUT2D eigenvalue weighted by molar-refractivity contribution is 5.96. The Morgan fingerprint density at radius 3 is 2.63 bits per heavy atom. The summed E-state index contributed by atoms with van der Waals surface area (Å²) in [7, 11) is 0. The maximum Gasteiger partial charge on any atom is 0.333 e. The zero-order valence-corrected chi connectivity index (χ0v) is 21.5. The number of rotatable bonds is 7. The van der Waals surface area contributed by atoms with Gasteiger partial charge in [-0.15, -0.1) is 0 Å². The molecule has 0 aromatic heterocycles. The molecule has 0 spiro atoms. The normalized spacial score (nSPS) is 38.6. The summed E-state index contributed by atoms with van der Waals surface area (Å²) in [4.78, 5) is 28.5. The van der Waals surface area contributed by atoms with Crippen molar-refractivity contribution in [3.63, 3.8) is 0 Å². The number of allylic oxidation sites excluding steroid dienone is 2. The largest absolute Gasteiger partial charge is 0.479 e. The first-order valence-electron chi connectivity index (χ1n) is 13.1. The Balaban J connectivity index is 1.33. The summed E-state index contributed by atoms with van der Waals surface area (Å²) < 4.78 is 0. The first-order chi connectivity index (χ1) is 16.4. The maximum atomic E-state index is 12.1. The first kappa shape index (κ1) is 26.1. The molecule has 3 fully saturated rings. The molecule has 5 unspecified atom stereocenters. The van der Waals surface area contributed by atoms with Crippen LogP contribution in [0.2, 0.25) is 0 Å². The SMILES string of the molecule is CC(C)(CNC(=O)CO/N=C1\C=C2CCC3C4CCC(O)[C@@]4(C)CCC3[C@@]2(C)CC1)C(O)C(=O)O. The molecule has 3 saturated carbocycles. The van der Waals surface area contributed by atoms with Crippen LogP contribution in [0.25, 0.3) is 0 Å². The van der Waals surface area contributed by atoms with Gasteiger partial charge in [-0.05, 0) is 86.0 Å². The van der Waals surface area contributed by atoms with Crippen LogP contribution >= 0.6 is 0 Å². The van der Waals surface area contributed by atoms with E-state index >= 15 is 0 Å².